The molecule has 0 unspecified atom stereocenters. The number of aliphatic hydroxyl groups excluding tert-OH is 2. The molecule has 0 aliphatic carbocycles. The number of benzene rings is 1. The maximum Gasteiger partial charge on any atom is 0.157 e. The lowest BCUT2D eigenvalue weighted by atomic mass is 10.1. The first-order valence-corrected chi connectivity index (χ1v) is 5.88. The van der Waals surface area contributed by atoms with Crippen LogP contribution in [-0.4, -0.2) is 35.3 Å². The normalized spacial score (nSPS) is 29.2. The number of hydrogen-bond donors (Lipinski definition) is 2. The van der Waals surface area contributed by atoms with Crippen molar-refractivity contribution in [3.63, 3.8) is 0 Å². The highest BCUT2D eigenvalue weighted by Gasteiger charge is 2.28. The minimum atomic E-state index is -0.832. The minimum Gasteiger partial charge on any atom is -0.394 e. The molecule has 1 aromatic rings. The van der Waals surface area contributed by atoms with Gasteiger partial charge in [0, 0.05) is 12.8 Å². The van der Waals surface area contributed by atoms with E-state index in [-0.39, 0.29) is 18.8 Å². The molecule has 1 fully saturated rings. The molecule has 1 aliphatic rings. The lowest BCUT2D eigenvalue weighted by Gasteiger charge is -2.31. The summed E-state index contributed by atoms with van der Waals surface area (Å²) in [6.07, 6.45) is -0.124. The van der Waals surface area contributed by atoms with Crippen molar-refractivity contribution >= 4 is 0 Å². The Bertz CT molecular complexity index is 327. The van der Waals surface area contributed by atoms with E-state index in [1.807, 2.05) is 30.3 Å². The third-order valence-corrected chi connectivity index (χ3v) is 2.87. The van der Waals surface area contributed by atoms with E-state index in [1.165, 1.54) is 0 Å². The van der Waals surface area contributed by atoms with E-state index in [9.17, 15) is 5.11 Å². The third-order valence-electron chi connectivity index (χ3n) is 2.87. The predicted octanol–water partition coefficient (Wildman–Crippen LogP) is 1.06. The van der Waals surface area contributed by atoms with Gasteiger partial charge in [-0.05, 0) is 5.56 Å². The Morgan fingerprint density at radius 3 is 2.71 bits per heavy atom. The zero-order chi connectivity index (χ0) is 12.1. The van der Waals surface area contributed by atoms with Crippen molar-refractivity contribution in [2.24, 2.45) is 0 Å². The monoisotopic (exact) mass is 238 g/mol. The van der Waals surface area contributed by atoms with E-state index in [1.54, 1.807) is 0 Å². The van der Waals surface area contributed by atoms with Gasteiger partial charge in [-0.25, -0.2) is 0 Å². The molecular formula is C13H18O4. The Balaban J connectivity index is 1.82. The molecule has 0 bridgehead atoms. The van der Waals surface area contributed by atoms with Crippen LogP contribution in [-0.2, 0) is 16.1 Å². The molecule has 2 N–H and O–H groups in total. The summed E-state index contributed by atoms with van der Waals surface area (Å²) in [5, 5.41) is 18.5. The SMILES string of the molecule is OC[C@@H]1C[C@H](OCc2ccccc2)C[C@H](O)O1. The lowest BCUT2D eigenvalue weighted by molar-refractivity contribution is -0.206. The van der Waals surface area contributed by atoms with Gasteiger partial charge >= 0.3 is 0 Å². The van der Waals surface area contributed by atoms with Crippen LogP contribution < -0.4 is 0 Å². The van der Waals surface area contributed by atoms with Crippen LogP contribution in [0.15, 0.2) is 30.3 Å². The first-order chi connectivity index (χ1) is 8.28. The molecule has 0 radical (unpaired) electrons. The Kier molecular flexibility index (Phi) is 4.50. The molecule has 1 heterocycles. The van der Waals surface area contributed by atoms with E-state index in [4.69, 9.17) is 14.6 Å². The van der Waals surface area contributed by atoms with Crippen LogP contribution >= 0.6 is 0 Å². The fraction of sp³-hybridized carbons (Fsp3) is 0.538. The quantitative estimate of drug-likeness (QED) is 0.823. The zero-order valence-corrected chi connectivity index (χ0v) is 9.66. The summed E-state index contributed by atoms with van der Waals surface area (Å²) in [4.78, 5) is 0. The summed E-state index contributed by atoms with van der Waals surface area (Å²) in [5.41, 5.74) is 1.11. The van der Waals surface area contributed by atoms with Gasteiger partial charge in [0.15, 0.2) is 6.29 Å². The number of aliphatic hydroxyl groups is 2. The smallest absolute Gasteiger partial charge is 0.157 e. The molecule has 3 atom stereocenters. The van der Waals surface area contributed by atoms with E-state index in [0.717, 1.165) is 5.56 Å². The Labute approximate surface area is 101 Å². The Morgan fingerprint density at radius 2 is 2.00 bits per heavy atom. The van der Waals surface area contributed by atoms with Crippen LogP contribution in [0.25, 0.3) is 0 Å². The summed E-state index contributed by atoms with van der Waals surface area (Å²) in [7, 11) is 0. The second kappa shape index (κ2) is 6.12. The highest BCUT2D eigenvalue weighted by atomic mass is 16.6. The van der Waals surface area contributed by atoms with Gasteiger partial charge in [-0.3, -0.25) is 0 Å². The molecule has 4 nitrogen and oxygen atoms in total. The first-order valence-electron chi connectivity index (χ1n) is 5.88. The largest absolute Gasteiger partial charge is 0.394 e. The van der Waals surface area contributed by atoms with Crippen molar-refractivity contribution in [3.05, 3.63) is 35.9 Å². The second-order valence-electron chi connectivity index (χ2n) is 4.29. The maximum absolute atomic E-state index is 9.46. The van der Waals surface area contributed by atoms with Crippen molar-refractivity contribution in [2.75, 3.05) is 6.61 Å². The molecular weight excluding hydrogens is 220 g/mol. The molecule has 2 rings (SSSR count). The molecule has 94 valence electrons. The highest BCUT2D eigenvalue weighted by molar-refractivity contribution is 5.13. The van der Waals surface area contributed by atoms with Gasteiger partial charge in [0.25, 0.3) is 0 Å². The highest BCUT2D eigenvalue weighted by Crippen LogP contribution is 2.21. The third kappa shape index (κ3) is 3.78. The van der Waals surface area contributed by atoms with Gasteiger partial charge in [-0.1, -0.05) is 30.3 Å². The first kappa shape index (κ1) is 12.5. The predicted molar refractivity (Wildman–Crippen MR) is 62.2 cm³/mol. The van der Waals surface area contributed by atoms with E-state index < -0.39 is 6.29 Å². The average molecular weight is 238 g/mol. The molecule has 0 saturated carbocycles. The fourth-order valence-electron chi connectivity index (χ4n) is 1.99. The van der Waals surface area contributed by atoms with Gasteiger partial charge in [-0.2, -0.15) is 0 Å². The van der Waals surface area contributed by atoms with Crippen LogP contribution in [0, 0.1) is 0 Å². The van der Waals surface area contributed by atoms with E-state index in [2.05, 4.69) is 0 Å². The summed E-state index contributed by atoms with van der Waals surface area (Å²) < 4.78 is 10.9. The molecule has 4 heteroatoms. The van der Waals surface area contributed by atoms with Gasteiger partial charge in [0.1, 0.15) is 0 Å². The van der Waals surface area contributed by atoms with Crippen LogP contribution in [0.3, 0.4) is 0 Å². The number of rotatable bonds is 4. The Hall–Kier alpha value is -0.940. The molecule has 0 amide bonds. The maximum atomic E-state index is 9.46. The number of ether oxygens (including phenoxy) is 2. The topological polar surface area (TPSA) is 58.9 Å². The molecule has 1 aromatic carbocycles. The molecule has 17 heavy (non-hydrogen) atoms. The van der Waals surface area contributed by atoms with Crippen molar-refractivity contribution < 1.29 is 19.7 Å². The average Bonchev–Trinajstić information content (AvgIpc) is 2.37. The molecule has 0 spiro atoms. The van der Waals surface area contributed by atoms with Gasteiger partial charge in [-0.15, -0.1) is 0 Å². The van der Waals surface area contributed by atoms with E-state index in [0.29, 0.717) is 19.4 Å². The Morgan fingerprint density at radius 1 is 1.24 bits per heavy atom. The van der Waals surface area contributed by atoms with Crippen molar-refractivity contribution in [2.45, 2.75) is 37.9 Å². The van der Waals surface area contributed by atoms with Crippen molar-refractivity contribution in [3.8, 4) is 0 Å². The van der Waals surface area contributed by atoms with Gasteiger partial charge in [0.05, 0.1) is 25.4 Å². The summed E-state index contributed by atoms with van der Waals surface area (Å²) >= 11 is 0. The molecule has 1 saturated heterocycles. The van der Waals surface area contributed by atoms with Gasteiger partial charge in [0.2, 0.25) is 0 Å². The van der Waals surface area contributed by atoms with Crippen LogP contribution in [0.1, 0.15) is 18.4 Å². The van der Waals surface area contributed by atoms with Crippen LogP contribution in [0.4, 0.5) is 0 Å². The second-order valence-corrected chi connectivity index (χ2v) is 4.29. The van der Waals surface area contributed by atoms with E-state index >= 15 is 0 Å². The summed E-state index contributed by atoms with van der Waals surface area (Å²) in [6.45, 7) is 0.443. The summed E-state index contributed by atoms with van der Waals surface area (Å²) in [6, 6.07) is 9.89. The summed E-state index contributed by atoms with van der Waals surface area (Å²) in [5.74, 6) is 0. The fourth-order valence-corrected chi connectivity index (χ4v) is 1.99. The van der Waals surface area contributed by atoms with Gasteiger partial charge < -0.3 is 19.7 Å². The van der Waals surface area contributed by atoms with Crippen molar-refractivity contribution in [1.82, 2.24) is 0 Å². The van der Waals surface area contributed by atoms with Crippen molar-refractivity contribution in [1.29, 1.82) is 0 Å². The molecule has 1 aliphatic heterocycles. The minimum absolute atomic E-state index is 0.0592. The standard InChI is InChI=1S/C13H18O4/c14-8-12-6-11(7-13(15)17-12)16-9-10-4-2-1-3-5-10/h1-5,11-15H,6-9H2/t11-,12-,13+/m0/s1. The number of hydrogen-bond acceptors (Lipinski definition) is 4. The molecule has 0 aromatic heterocycles. The van der Waals surface area contributed by atoms with Crippen LogP contribution in [0.2, 0.25) is 0 Å². The zero-order valence-electron chi connectivity index (χ0n) is 9.66. The van der Waals surface area contributed by atoms with Crippen LogP contribution in [0.5, 0.6) is 0 Å². The lowest BCUT2D eigenvalue weighted by Crippen LogP contribution is -2.38.